The highest BCUT2D eigenvalue weighted by atomic mass is 15.2. The molecule has 0 spiro atoms. The molecule has 1 heterocycles. The van der Waals surface area contributed by atoms with Gasteiger partial charge in [-0.2, -0.15) is 5.10 Å². The van der Waals surface area contributed by atoms with Gasteiger partial charge >= 0.3 is 0 Å². The lowest BCUT2D eigenvalue weighted by atomic mass is 9.86. The first kappa shape index (κ1) is 13.9. The van der Waals surface area contributed by atoms with Gasteiger partial charge in [0.1, 0.15) is 0 Å². The Morgan fingerprint density at radius 1 is 1.19 bits per heavy atom. The van der Waals surface area contributed by atoms with Gasteiger partial charge in [-0.3, -0.25) is 0 Å². The average molecular weight is 279 g/mol. The van der Waals surface area contributed by atoms with Crippen molar-refractivity contribution in [2.24, 2.45) is 27.0 Å². The van der Waals surface area contributed by atoms with E-state index in [1.54, 1.807) is 6.21 Å². The van der Waals surface area contributed by atoms with Crippen LogP contribution in [-0.2, 0) is 12.8 Å². The maximum absolute atomic E-state index is 4.59. The second kappa shape index (κ2) is 6.17. The molecule has 0 amide bonds. The molecule has 1 aliphatic carbocycles. The number of hydrogen-bond acceptors (Lipinski definition) is 3. The fraction of sp³-hybridized carbons (Fsp3) is 0.389. The van der Waals surface area contributed by atoms with Gasteiger partial charge in [-0.05, 0) is 54.9 Å². The lowest BCUT2D eigenvalue weighted by molar-refractivity contribution is 0.423. The monoisotopic (exact) mass is 279 g/mol. The Morgan fingerprint density at radius 3 is 2.57 bits per heavy atom. The Kier molecular flexibility index (Phi) is 4.09. The minimum absolute atomic E-state index is 0.372. The molecule has 21 heavy (non-hydrogen) atoms. The largest absolute Gasteiger partial charge is 0.239 e. The fourth-order valence-corrected chi connectivity index (χ4v) is 3.25. The van der Waals surface area contributed by atoms with Crippen molar-refractivity contribution in [3.05, 3.63) is 47.0 Å². The number of allylic oxidation sites excluding steroid dienone is 2. The normalized spacial score (nSPS) is 27.5. The van der Waals surface area contributed by atoms with Gasteiger partial charge in [-0.1, -0.05) is 31.2 Å². The number of rotatable bonds is 3. The van der Waals surface area contributed by atoms with Gasteiger partial charge in [0.2, 0.25) is 0 Å². The van der Waals surface area contributed by atoms with Crippen LogP contribution in [0.3, 0.4) is 0 Å². The van der Waals surface area contributed by atoms with Crippen LogP contribution in [0.25, 0.3) is 0 Å². The van der Waals surface area contributed by atoms with Crippen LogP contribution >= 0.6 is 0 Å². The van der Waals surface area contributed by atoms with Crippen molar-refractivity contribution in [2.75, 3.05) is 0 Å². The molecule has 0 saturated heterocycles. The molecule has 0 aromatic heterocycles. The van der Waals surface area contributed by atoms with E-state index in [4.69, 9.17) is 0 Å². The number of benzene rings is 1. The lowest BCUT2D eigenvalue weighted by Gasteiger charge is -2.21. The highest BCUT2D eigenvalue weighted by Crippen LogP contribution is 2.34. The van der Waals surface area contributed by atoms with E-state index in [0.29, 0.717) is 11.8 Å². The first-order valence-corrected chi connectivity index (χ1v) is 7.66. The summed E-state index contributed by atoms with van der Waals surface area (Å²) < 4.78 is 0. The van der Waals surface area contributed by atoms with E-state index in [1.165, 1.54) is 11.1 Å². The smallest absolute Gasteiger partial charge is 0.154 e. The summed E-state index contributed by atoms with van der Waals surface area (Å²) >= 11 is 0. The predicted octanol–water partition coefficient (Wildman–Crippen LogP) is 3.84. The zero-order valence-electron chi connectivity index (χ0n) is 12.7. The molecule has 0 saturated carbocycles. The first-order valence-electron chi connectivity index (χ1n) is 7.66. The highest BCUT2D eigenvalue weighted by molar-refractivity contribution is 5.98. The number of fused-ring (bicyclic) bond motifs is 1. The van der Waals surface area contributed by atoms with Crippen molar-refractivity contribution in [1.82, 2.24) is 0 Å². The van der Waals surface area contributed by atoms with E-state index < -0.39 is 0 Å². The third kappa shape index (κ3) is 3.02. The van der Waals surface area contributed by atoms with Crippen LogP contribution < -0.4 is 0 Å². The molecule has 1 atom stereocenters. The molecule has 0 fully saturated rings. The van der Waals surface area contributed by atoms with Gasteiger partial charge in [0, 0.05) is 18.3 Å². The molecule has 1 aliphatic heterocycles. The quantitative estimate of drug-likeness (QED) is 0.806. The number of aliphatic imine (C=N–C) groups is 1. The molecule has 3 heteroatoms. The van der Waals surface area contributed by atoms with E-state index in [2.05, 4.69) is 46.4 Å². The number of nitrogens with zero attached hydrogens (tertiary/aromatic N) is 3. The van der Waals surface area contributed by atoms with Crippen LogP contribution in [0.15, 0.2) is 51.1 Å². The summed E-state index contributed by atoms with van der Waals surface area (Å²) in [4.78, 5) is 4.59. The van der Waals surface area contributed by atoms with Crippen LogP contribution in [0.2, 0.25) is 0 Å². The summed E-state index contributed by atoms with van der Waals surface area (Å²) in [6.07, 6.45) is 8.87. The summed E-state index contributed by atoms with van der Waals surface area (Å²) in [5.74, 6) is 1.83. The van der Waals surface area contributed by atoms with Gasteiger partial charge in [0.15, 0.2) is 5.84 Å². The standard InChI is InChI=1S/C18H21N3/c1-3-17(18-19-12-13(2)8-9-20-21-18)16-10-14-6-4-5-7-15(14)11-16/h4-9,12,16-17H,3,10-11H2,1-2H3/b9-8?,13-8+,13-12?,19-12-,19-18?,20-9+,21-18-,21-20?. The zero-order chi connectivity index (χ0) is 14.7. The van der Waals surface area contributed by atoms with E-state index in [0.717, 1.165) is 30.7 Å². The molecular formula is C18H21N3. The Bertz CT molecular complexity index is 613. The van der Waals surface area contributed by atoms with Crippen LogP contribution in [0.5, 0.6) is 0 Å². The summed E-state index contributed by atoms with van der Waals surface area (Å²) in [7, 11) is 0. The Balaban J connectivity index is 1.82. The van der Waals surface area contributed by atoms with Crippen molar-refractivity contribution in [1.29, 1.82) is 0 Å². The molecule has 3 nitrogen and oxygen atoms in total. The molecule has 0 N–H and O–H groups in total. The molecule has 0 radical (unpaired) electrons. The van der Waals surface area contributed by atoms with Crippen molar-refractivity contribution in [3.63, 3.8) is 0 Å². The zero-order valence-corrected chi connectivity index (χ0v) is 12.7. The molecule has 2 aliphatic rings. The van der Waals surface area contributed by atoms with E-state index >= 15 is 0 Å². The van der Waals surface area contributed by atoms with Crippen molar-refractivity contribution < 1.29 is 0 Å². The predicted molar refractivity (Wildman–Crippen MR) is 89.3 cm³/mol. The molecule has 108 valence electrons. The van der Waals surface area contributed by atoms with Crippen LogP contribution in [-0.4, -0.2) is 18.3 Å². The first-order chi connectivity index (χ1) is 10.3. The van der Waals surface area contributed by atoms with Crippen LogP contribution in [0.4, 0.5) is 0 Å². The Hall–Kier alpha value is -2.03. The summed E-state index contributed by atoms with van der Waals surface area (Å²) in [5, 5.41) is 8.46. The van der Waals surface area contributed by atoms with Crippen molar-refractivity contribution in [3.8, 4) is 0 Å². The van der Waals surface area contributed by atoms with Gasteiger partial charge < -0.3 is 0 Å². The summed E-state index contributed by atoms with van der Waals surface area (Å²) in [5.41, 5.74) is 4.07. The summed E-state index contributed by atoms with van der Waals surface area (Å²) in [6, 6.07) is 8.75. The van der Waals surface area contributed by atoms with E-state index in [1.807, 2.05) is 19.2 Å². The molecule has 1 aromatic rings. The number of amidine groups is 1. The van der Waals surface area contributed by atoms with Crippen molar-refractivity contribution in [2.45, 2.75) is 33.1 Å². The third-order valence-electron chi connectivity index (χ3n) is 4.39. The molecule has 0 bridgehead atoms. The topological polar surface area (TPSA) is 37.1 Å². The van der Waals surface area contributed by atoms with Gasteiger partial charge in [-0.25, -0.2) is 4.99 Å². The third-order valence-corrected chi connectivity index (χ3v) is 4.39. The van der Waals surface area contributed by atoms with Gasteiger partial charge in [-0.15, -0.1) is 5.10 Å². The van der Waals surface area contributed by atoms with Crippen molar-refractivity contribution >= 4 is 18.3 Å². The maximum Gasteiger partial charge on any atom is 0.154 e. The number of hydrogen-bond donors (Lipinski definition) is 0. The molecular weight excluding hydrogens is 258 g/mol. The average Bonchev–Trinajstić information content (AvgIpc) is 2.90. The Morgan fingerprint density at radius 2 is 1.90 bits per heavy atom. The summed E-state index contributed by atoms with van der Waals surface area (Å²) in [6.45, 7) is 4.25. The van der Waals surface area contributed by atoms with Crippen LogP contribution in [0, 0.1) is 11.8 Å². The van der Waals surface area contributed by atoms with Gasteiger partial charge in [0.05, 0.1) is 0 Å². The second-order valence-corrected chi connectivity index (χ2v) is 5.84. The van der Waals surface area contributed by atoms with Crippen LogP contribution in [0.1, 0.15) is 31.4 Å². The second-order valence-electron chi connectivity index (χ2n) is 5.84. The Labute approximate surface area is 126 Å². The van der Waals surface area contributed by atoms with E-state index in [9.17, 15) is 0 Å². The van der Waals surface area contributed by atoms with Gasteiger partial charge in [0.25, 0.3) is 0 Å². The lowest BCUT2D eigenvalue weighted by Crippen LogP contribution is -2.23. The fourth-order valence-electron chi connectivity index (χ4n) is 3.25. The maximum atomic E-state index is 4.59. The SMILES string of the molecule is CCC(C1=N/N=C/C=C(C)/C=N\1)C1Cc2ccccc2C1. The molecule has 3 rings (SSSR count). The highest BCUT2D eigenvalue weighted by Gasteiger charge is 2.30. The molecule has 1 unspecified atom stereocenters. The molecule has 1 aromatic carbocycles. The minimum Gasteiger partial charge on any atom is -0.239 e. The van der Waals surface area contributed by atoms with E-state index in [-0.39, 0.29) is 0 Å². The minimum atomic E-state index is 0.372.